The zero-order chi connectivity index (χ0) is 19.7. The van der Waals surface area contributed by atoms with Crippen molar-refractivity contribution in [1.82, 2.24) is 5.32 Å². The van der Waals surface area contributed by atoms with Gasteiger partial charge in [-0.2, -0.15) is 0 Å². The van der Waals surface area contributed by atoms with Crippen LogP contribution >= 0.6 is 0 Å². The monoisotopic (exact) mass is 370 g/mol. The molecule has 0 spiro atoms. The van der Waals surface area contributed by atoms with Gasteiger partial charge < -0.3 is 15.4 Å². The topological polar surface area (TPSA) is 67.4 Å². The zero-order valence-corrected chi connectivity index (χ0v) is 16.5. The Bertz CT molecular complexity index is 760. The van der Waals surface area contributed by atoms with Crippen LogP contribution in [0.3, 0.4) is 0 Å². The number of anilines is 1. The molecule has 0 saturated carbocycles. The number of hydrogen-bond donors (Lipinski definition) is 2. The van der Waals surface area contributed by atoms with E-state index >= 15 is 0 Å². The molecule has 2 aromatic rings. The van der Waals surface area contributed by atoms with E-state index in [1.165, 1.54) is 0 Å². The molecule has 2 aromatic carbocycles. The fourth-order valence-corrected chi connectivity index (χ4v) is 2.82. The lowest BCUT2D eigenvalue weighted by atomic mass is 10.1. The Labute approximate surface area is 161 Å². The van der Waals surface area contributed by atoms with Gasteiger partial charge in [0.1, 0.15) is 5.60 Å². The van der Waals surface area contributed by atoms with E-state index in [9.17, 15) is 9.59 Å². The first-order valence-corrected chi connectivity index (χ1v) is 9.59. The summed E-state index contributed by atoms with van der Waals surface area (Å²) in [5, 5.41) is 7.93. The molecule has 5 heteroatoms. The minimum absolute atomic E-state index is 0.0400. The fraction of sp³-hybridized carbons (Fsp3) is 0.455. The molecule has 146 valence electrons. The maximum absolute atomic E-state index is 12.2. The molecule has 5 nitrogen and oxygen atoms in total. The summed E-state index contributed by atoms with van der Waals surface area (Å²) in [4.78, 5) is 23.7. The average molecular weight is 370 g/mol. The van der Waals surface area contributed by atoms with Crippen LogP contribution in [-0.4, -0.2) is 24.1 Å². The van der Waals surface area contributed by atoms with E-state index in [1.807, 2.05) is 63.2 Å². The van der Waals surface area contributed by atoms with Gasteiger partial charge in [0.2, 0.25) is 5.91 Å². The highest BCUT2D eigenvalue weighted by atomic mass is 16.6. The van der Waals surface area contributed by atoms with E-state index in [-0.39, 0.29) is 12.0 Å². The minimum atomic E-state index is -0.471. The third-order valence-corrected chi connectivity index (χ3v) is 4.06. The third kappa shape index (κ3) is 7.69. The van der Waals surface area contributed by atoms with Gasteiger partial charge in [-0.05, 0) is 45.1 Å². The summed E-state index contributed by atoms with van der Waals surface area (Å²) in [5.41, 5.74) is 0.390. The van der Waals surface area contributed by atoms with E-state index in [1.54, 1.807) is 0 Å². The van der Waals surface area contributed by atoms with Gasteiger partial charge in [-0.25, -0.2) is 4.79 Å². The van der Waals surface area contributed by atoms with Crippen molar-refractivity contribution in [2.45, 2.75) is 58.5 Å². The number of carbonyl (C=O) groups is 2. The number of unbranched alkanes of at least 4 members (excludes halogenated alkanes) is 3. The first kappa shape index (κ1) is 20.7. The Hall–Kier alpha value is -2.56. The van der Waals surface area contributed by atoms with E-state index in [2.05, 4.69) is 10.6 Å². The second-order valence-corrected chi connectivity index (χ2v) is 7.67. The lowest BCUT2D eigenvalue weighted by Gasteiger charge is -2.19. The summed E-state index contributed by atoms with van der Waals surface area (Å²) in [6, 6.07) is 13.9. The summed E-state index contributed by atoms with van der Waals surface area (Å²) in [5.74, 6) is 0.0400. The van der Waals surface area contributed by atoms with Crippen LogP contribution in [0.15, 0.2) is 42.5 Å². The Balaban J connectivity index is 1.61. The highest BCUT2D eigenvalue weighted by Crippen LogP contribution is 2.23. The number of rotatable bonds is 8. The van der Waals surface area contributed by atoms with Crippen molar-refractivity contribution in [3.8, 4) is 0 Å². The van der Waals surface area contributed by atoms with Crippen LogP contribution in [0.1, 0.15) is 52.9 Å². The molecule has 0 aromatic heterocycles. The lowest BCUT2D eigenvalue weighted by molar-refractivity contribution is -0.116. The lowest BCUT2D eigenvalue weighted by Crippen LogP contribution is -2.32. The van der Waals surface area contributed by atoms with Crippen LogP contribution in [0.4, 0.5) is 10.5 Å². The van der Waals surface area contributed by atoms with Crippen molar-refractivity contribution in [3.63, 3.8) is 0 Å². The first-order valence-electron chi connectivity index (χ1n) is 9.59. The number of benzene rings is 2. The molecule has 2 amide bonds. The maximum Gasteiger partial charge on any atom is 0.407 e. The van der Waals surface area contributed by atoms with E-state index in [0.29, 0.717) is 13.0 Å². The number of carbonyl (C=O) groups excluding carboxylic acids is 2. The molecule has 0 aliphatic rings. The summed E-state index contributed by atoms with van der Waals surface area (Å²) in [7, 11) is 0. The highest BCUT2D eigenvalue weighted by molar-refractivity contribution is 6.02. The molecule has 0 fully saturated rings. The van der Waals surface area contributed by atoms with Gasteiger partial charge in [-0.15, -0.1) is 0 Å². The molecule has 0 radical (unpaired) electrons. The van der Waals surface area contributed by atoms with Gasteiger partial charge in [0, 0.05) is 24.0 Å². The average Bonchev–Trinajstić information content (AvgIpc) is 2.59. The van der Waals surface area contributed by atoms with Gasteiger partial charge in [-0.3, -0.25) is 4.79 Å². The zero-order valence-electron chi connectivity index (χ0n) is 16.5. The predicted octanol–water partition coefficient (Wildman–Crippen LogP) is 5.25. The molecule has 0 saturated heterocycles. The normalized spacial score (nSPS) is 11.2. The number of amides is 2. The molecule has 2 rings (SSSR count). The van der Waals surface area contributed by atoms with Crippen LogP contribution in [-0.2, 0) is 9.53 Å². The second kappa shape index (κ2) is 9.95. The van der Waals surface area contributed by atoms with Crippen molar-refractivity contribution in [2.75, 3.05) is 11.9 Å². The molecular formula is C22H30N2O3. The SMILES string of the molecule is CC(C)(C)OC(=O)NCCCCCCC(=O)Nc1cccc2ccccc12. The maximum atomic E-state index is 12.2. The summed E-state index contributed by atoms with van der Waals surface area (Å²) in [6.07, 6.45) is 3.77. The van der Waals surface area contributed by atoms with Crippen LogP contribution in [0.2, 0.25) is 0 Å². The van der Waals surface area contributed by atoms with E-state index in [4.69, 9.17) is 4.74 Å². The highest BCUT2D eigenvalue weighted by Gasteiger charge is 2.15. The number of fused-ring (bicyclic) bond motifs is 1. The number of hydrogen-bond acceptors (Lipinski definition) is 3. The minimum Gasteiger partial charge on any atom is -0.444 e. The molecular weight excluding hydrogens is 340 g/mol. The van der Waals surface area contributed by atoms with Crippen molar-refractivity contribution in [3.05, 3.63) is 42.5 Å². The van der Waals surface area contributed by atoms with Crippen LogP contribution in [0.5, 0.6) is 0 Å². The van der Waals surface area contributed by atoms with Gasteiger partial charge >= 0.3 is 6.09 Å². The largest absolute Gasteiger partial charge is 0.444 e. The Morgan fingerprint density at radius 1 is 0.926 bits per heavy atom. The van der Waals surface area contributed by atoms with Crippen LogP contribution < -0.4 is 10.6 Å². The van der Waals surface area contributed by atoms with Gasteiger partial charge in [-0.1, -0.05) is 49.2 Å². The number of alkyl carbamates (subject to hydrolysis) is 1. The molecule has 0 unspecified atom stereocenters. The Kier molecular flexibility index (Phi) is 7.65. The van der Waals surface area contributed by atoms with E-state index < -0.39 is 5.60 Å². The molecule has 2 N–H and O–H groups in total. The Morgan fingerprint density at radius 3 is 2.41 bits per heavy atom. The molecule has 0 bridgehead atoms. The second-order valence-electron chi connectivity index (χ2n) is 7.67. The molecule has 0 aliphatic carbocycles. The smallest absolute Gasteiger partial charge is 0.407 e. The fourth-order valence-electron chi connectivity index (χ4n) is 2.82. The standard InChI is InChI=1S/C22H30N2O3/c1-22(2,3)27-21(26)23-16-9-5-4-6-15-20(25)24-19-14-10-12-17-11-7-8-13-18(17)19/h7-8,10-14H,4-6,9,15-16H2,1-3H3,(H,23,26)(H,24,25). The number of ether oxygens (including phenoxy) is 1. The van der Waals surface area contributed by atoms with Crippen molar-refractivity contribution in [1.29, 1.82) is 0 Å². The summed E-state index contributed by atoms with van der Waals surface area (Å²) >= 11 is 0. The Morgan fingerprint density at radius 2 is 1.63 bits per heavy atom. The first-order chi connectivity index (χ1) is 12.8. The summed E-state index contributed by atoms with van der Waals surface area (Å²) < 4.78 is 5.18. The molecule has 0 atom stereocenters. The number of nitrogens with one attached hydrogen (secondary N) is 2. The van der Waals surface area contributed by atoms with Crippen molar-refractivity contribution in [2.24, 2.45) is 0 Å². The van der Waals surface area contributed by atoms with Crippen LogP contribution in [0.25, 0.3) is 10.8 Å². The van der Waals surface area contributed by atoms with E-state index in [0.717, 1.165) is 42.1 Å². The van der Waals surface area contributed by atoms with Gasteiger partial charge in [0.05, 0.1) is 0 Å². The van der Waals surface area contributed by atoms with Crippen molar-refractivity contribution >= 4 is 28.5 Å². The molecule has 0 aliphatic heterocycles. The predicted molar refractivity (Wildman–Crippen MR) is 110 cm³/mol. The summed E-state index contributed by atoms with van der Waals surface area (Å²) in [6.45, 7) is 6.12. The molecule has 0 heterocycles. The molecule has 27 heavy (non-hydrogen) atoms. The quantitative estimate of drug-likeness (QED) is 0.623. The van der Waals surface area contributed by atoms with Gasteiger partial charge in [0.15, 0.2) is 0 Å². The van der Waals surface area contributed by atoms with Crippen molar-refractivity contribution < 1.29 is 14.3 Å². The van der Waals surface area contributed by atoms with Crippen LogP contribution in [0, 0.1) is 0 Å². The van der Waals surface area contributed by atoms with Gasteiger partial charge in [0.25, 0.3) is 0 Å². The third-order valence-electron chi connectivity index (χ3n) is 4.06.